The zero-order valence-corrected chi connectivity index (χ0v) is 8.50. The molecule has 0 aliphatic rings. The standard InChI is InChI=1S/C10H11N5O/c11-9-8(5-14-10(12)15-9)16-6-7-3-1-2-4-13-7/h1-5H,6H2,(H4,11,12,14,15). The number of nitrogens with zero attached hydrogens (tertiary/aromatic N) is 3. The Hall–Kier alpha value is -2.37. The molecule has 0 spiro atoms. The van der Waals surface area contributed by atoms with Crippen LogP contribution in [0.25, 0.3) is 0 Å². The smallest absolute Gasteiger partial charge is 0.222 e. The summed E-state index contributed by atoms with van der Waals surface area (Å²) in [7, 11) is 0. The molecule has 0 aromatic carbocycles. The average Bonchev–Trinajstić information content (AvgIpc) is 2.29. The van der Waals surface area contributed by atoms with E-state index < -0.39 is 0 Å². The van der Waals surface area contributed by atoms with Crippen molar-refractivity contribution in [1.29, 1.82) is 0 Å². The first-order chi connectivity index (χ1) is 7.75. The van der Waals surface area contributed by atoms with E-state index in [2.05, 4.69) is 15.0 Å². The Labute approximate surface area is 92.3 Å². The van der Waals surface area contributed by atoms with E-state index in [1.165, 1.54) is 6.20 Å². The molecule has 16 heavy (non-hydrogen) atoms. The van der Waals surface area contributed by atoms with Crippen molar-refractivity contribution in [2.45, 2.75) is 6.61 Å². The van der Waals surface area contributed by atoms with Crippen LogP contribution in [0.3, 0.4) is 0 Å². The van der Waals surface area contributed by atoms with Crippen molar-refractivity contribution in [3.05, 3.63) is 36.3 Å². The molecule has 0 aliphatic carbocycles. The Morgan fingerprint density at radius 3 is 2.75 bits per heavy atom. The van der Waals surface area contributed by atoms with Crippen LogP contribution in [0.5, 0.6) is 5.75 Å². The highest BCUT2D eigenvalue weighted by atomic mass is 16.5. The van der Waals surface area contributed by atoms with Gasteiger partial charge in [0.25, 0.3) is 0 Å². The molecule has 0 atom stereocenters. The molecule has 0 unspecified atom stereocenters. The normalized spacial score (nSPS) is 10.0. The highest BCUT2D eigenvalue weighted by Crippen LogP contribution is 2.18. The van der Waals surface area contributed by atoms with Crippen molar-refractivity contribution < 1.29 is 4.74 Å². The first-order valence-electron chi connectivity index (χ1n) is 4.66. The predicted octanol–water partition coefficient (Wildman–Crippen LogP) is 0.615. The maximum Gasteiger partial charge on any atom is 0.222 e. The van der Waals surface area contributed by atoms with Gasteiger partial charge in [-0.25, -0.2) is 4.98 Å². The van der Waals surface area contributed by atoms with E-state index in [4.69, 9.17) is 16.2 Å². The third kappa shape index (κ3) is 2.35. The molecule has 2 heterocycles. The van der Waals surface area contributed by atoms with E-state index >= 15 is 0 Å². The average molecular weight is 217 g/mol. The molecule has 2 aromatic rings. The fraction of sp³-hybridized carbons (Fsp3) is 0.100. The minimum absolute atomic E-state index is 0.127. The summed E-state index contributed by atoms with van der Waals surface area (Å²) in [6.07, 6.45) is 3.14. The summed E-state index contributed by atoms with van der Waals surface area (Å²) in [5.74, 6) is 0.756. The van der Waals surface area contributed by atoms with Gasteiger partial charge in [-0.2, -0.15) is 4.98 Å². The minimum atomic E-state index is 0.127. The molecule has 2 rings (SSSR count). The van der Waals surface area contributed by atoms with E-state index in [9.17, 15) is 0 Å². The van der Waals surface area contributed by atoms with E-state index in [1.807, 2.05) is 18.2 Å². The van der Waals surface area contributed by atoms with Crippen LogP contribution < -0.4 is 16.2 Å². The highest BCUT2D eigenvalue weighted by molar-refractivity contribution is 5.46. The zero-order valence-electron chi connectivity index (χ0n) is 8.50. The van der Waals surface area contributed by atoms with Crippen molar-refractivity contribution in [1.82, 2.24) is 15.0 Å². The fourth-order valence-corrected chi connectivity index (χ4v) is 1.14. The number of hydrogen-bond acceptors (Lipinski definition) is 6. The summed E-state index contributed by atoms with van der Waals surface area (Å²) in [5.41, 5.74) is 11.8. The highest BCUT2D eigenvalue weighted by Gasteiger charge is 2.03. The van der Waals surface area contributed by atoms with Crippen LogP contribution in [0.1, 0.15) is 5.69 Å². The van der Waals surface area contributed by atoms with E-state index in [1.54, 1.807) is 6.20 Å². The van der Waals surface area contributed by atoms with Gasteiger partial charge in [0, 0.05) is 6.20 Å². The number of anilines is 2. The lowest BCUT2D eigenvalue weighted by Gasteiger charge is -2.07. The lowest BCUT2D eigenvalue weighted by atomic mass is 10.4. The monoisotopic (exact) mass is 217 g/mol. The van der Waals surface area contributed by atoms with E-state index in [-0.39, 0.29) is 11.8 Å². The number of aromatic nitrogens is 3. The van der Waals surface area contributed by atoms with Crippen molar-refractivity contribution in [2.75, 3.05) is 11.5 Å². The summed E-state index contributed by atoms with van der Waals surface area (Å²) in [6.45, 7) is 0.318. The molecule has 4 N–H and O–H groups in total. The van der Waals surface area contributed by atoms with Gasteiger partial charge in [-0.15, -0.1) is 0 Å². The third-order valence-electron chi connectivity index (χ3n) is 1.90. The van der Waals surface area contributed by atoms with Gasteiger partial charge in [0.15, 0.2) is 11.6 Å². The summed E-state index contributed by atoms with van der Waals surface area (Å²) in [5, 5.41) is 0. The maximum atomic E-state index is 5.61. The Morgan fingerprint density at radius 1 is 1.19 bits per heavy atom. The molecule has 0 fully saturated rings. The molecular formula is C10H11N5O. The third-order valence-corrected chi connectivity index (χ3v) is 1.90. The second-order valence-corrected chi connectivity index (χ2v) is 3.09. The molecule has 82 valence electrons. The molecular weight excluding hydrogens is 206 g/mol. The molecule has 0 saturated carbocycles. The first kappa shape index (κ1) is 10.2. The Balaban J connectivity index is 2.05. The van der Waals surface area contributed by atoms with Crippen molar-refractivity contribution in [2.24, 2.45) is 0 Å². The second-order valence-electron chi connectivity index (χ2n) is 3.09. The van der Waals surface area contributed by atoms with Crippen molar-refractivity contribution >= 4 is 11.8 Å². The summed E-state index contributed by atoms with van der Waals surface area (Å²) >= 11 is 0. The summed E-state index contributed by atoms with van der Waals surface area (Å²) in [6, 6.07) is 5.58. The molecule has 0 bridgehead atoms. The topological polar surface area (TPSA) is 99.9 Å². The van der Waals surface area contributed by atoms with Crippen LogP contribution >= 0.6 is 0 Å². The Morgan fingerprint density at radius 2 is 2.06 bits per heavy atom. The summed E-state index contributed by atoms with van der Waals surface area (Å²) in [4.78, 5) is 11.7. The molecule has 6 nitrogen and oxygen atoms in total. The van der Waals surface area contributed by atoms with Gasteiger partial charge in [0.2, 0.25) is 5.95 Å². The van der Waals surface area contributed by atoms with Gasteiger partial charge in [-0.3, -0.25) is 4.98 Å². The van der Waals surface area contributed by atoms with Crippen LogP contribution in [0, 0.1) is 0 Å². The number of rotatable bonds is 3. The number of hydrogen-bond donors (Lipinski definition) is 2. The van der Waals surface area contributed by atoms with Crippen molar-refractivity contribution in [3.63, 3.8) is 0 Å². The SMILES string of the molecule is Nc1ncc(OCc2ccccn2)c(N)n1. The second kappa shape index (κ2) is 4.43. The molecule has 0 amide bonds. The van der Waals surface area contributed by atoms with E-state index in [0.29, 0.717) is 12.4 Å². The van der Waals surface area contributed by atoms with Crippen LogP contribution in [0.4, 0.5) is 11.8 Å². The van der Waals surface area contributed by atoms with Gasteiger partial charge in [0.05, 0.1) is 11.9 Å². The molecule has 6 heteroatoms. The molecule has 0 aliphatic heterocycles. The van der Waals surface area contributed by atoms with Gasteiger partial charge in [-0.1, -0.05) is 6.07 Å². The Kier molecular flexibility index (Phi) is 2.81. The molecule has 0 radical (unpaired) electrons. The van der Waals surface area contributed by atoms with Gasteiger partial charge in [-0.05, 0) is 12.1 Å². The number of ether oxygens (including phenoxy) is 1. The predicted molar refractivity (Wildman–Crippen MR) is 59.4 cm³/mol. The first-order valence-corrected chi connectivity index (χ1v) is 4.66. The molecule has 0 saturated heterocycles. The Bertz CT molecular complexity index is 474. The lowest BCUT2D eigenvalue weighted by molar-refractivity contribution is 0.301. The molecule has 2 aromatic heterocycles. The van der Waals surface area contributed by atoms with Crippen molar-refractivity contribution in [3.8, 4) is 5.75 Å². The number of nitrogens with two attached hydrogens (primary N) is 2. The van der Waals surface area contributed by atoms with Crippen LogP contribution in [0.15, 0.2) is 30.6 Å². The maximum absolute atomic E-state index is 5.61. The zero-order chi connectivity index (χ0) is 11.4. The summed E-state index contributed by atoms with van der Waals surface area (Å²) < 4.78 is 5.41. The van der Waals surface area contributed by atoms with Crippen LogP contribution in [-0.4, -0.2) is 15.0 Å². The van der Waals surface area contributed by atoms with Crippen LogP contribution in [0.2, 0.25) is 0 Å². The number of nitrogen functional groups attached to an aromatic ring is 2. The minimum Gasteiger partial charge on any atom is -0.482 e. The van der Waals surface area contributed by atoms with Gasteiger partial charge >= 0.3 is 0 Å². The van der Waals surface area contributed by atoms with Gasteiger partial charge < -0.3 is 16.2 Å². The van der Waals surface area contributed by atoms with Gasteiger partial charge in [0.1, 0.15) is 6.61 Å². The lowest BCUT2D eigenvalue weighted by Crippen LogP contribution is -2.04. The fourth-order valence-electron chi connectivity index (χ4n) is 1.14. The largest absolute Gasteiger partial charge is 0.482 e. The van der Waals surface area contributed by atoms with Crippen LogP contribution in [-0.2, 0) is 6.61 Å². The number of pyridine rings is 1. The van der Waals surface area contributed by atoms with E-state index in [0.717, 1.165) is 5.69 Å². The quantitative estimate of drug-likeness (QED) is 0.781.